The highest BCUT2D eigenvalue weighted by Gasteiger charge is 2.16. The van der Waals surface area contributed by atoms with Crippen LogP contribution >= 0.6 is 0 Å². The van der Waals surface area contributed by atoms with Crippen LogP contribution in [0.4, 0.5) is 0 Å². The van der Waals surface area contributed by atoms with Crippen LogP contribution in [0, 0.1) is 5.92 Å². The largest absolute Gasteiger partial charge is 0.399 e. The third-order valence-electron chi connectivity index (χ3n) is 1.73. The summed E-state index contributed by atoms with van der Waals surface area (Å²) in [6.07, 6.45) is 3.55. The normalized spacial score (nSPS) is 31.3. The summed E-state index contributed by atoms with van der Waals surface area (Å²) in [7, 11) is 1.61. The van der Waals surface area contributed by atoms with Crippen LogP contribution in [-0.4, -0.2) is 12.8 Å². The molecule has 1 aliphatic carbocycles. The van der Waals surface area contributed by atoms with Gasteiger partial charge in [0.1, 0.15) is 7.11 Å². The molecular weight excluding hydrogens is 114 g/mol. The summed E-state index contributed by atoms with van der Waals surface area (Å²) in [5.74, 6) is 0.818. The Kier molecular flexibility index (Phi) is 2.09. The molecule has 0 heterocycles. The molecule has 9 heavy (non-hydrogen) atoms. The summed E-state index contributed by atoms with van der Waals surface area (Å²) in [6, 6.07) is 0. The molecule has 1 aliphatic rings. The summed E-state index contributed by atoms with van der Waals surface area (Å²) >= 11 is 0. The molecule has 0 aromatic rings. The van der Waals surface area contributed by atoms with Gasteiger partial charge in [-0.25, -0.2) is 0 Å². The Morgan fingerprint density at radius 1 is 1.67 bits per heavy atom. The van der Waals surface area contributed by atoms with E-state index in [9.17, 15) is 0 Å². The van der Waals surface area contributed by atoms with Crippen molar-refractivity contribution in [3.63, 3.8) is 0 Å². The van der Waals surface area contributed by atoms with Gasteiger partial charge in [-0.05, 0) is 25.2 Å². The lowest BCUT2D eigenvalue weighted by molar-refractivity contribution is 0.212. The van der Waals surface area contributed by atoms with Gasteiger partial charge in [-0.3, -0.25) is 0 Å². The van der Waals surface area contributed by atoms with Gasteiger partial charge in [-0.1, -0.05) is 12.1 Å². The van der Waals surface area contributed by atoms with E-state index in [1.165, 1.54) is 12.1 Å². The van der Waals surface area contributed by atoms with Crippen LogP contribution in [0.1, 0.15) is 26.2 Å². The fourth-order valence-electron chi connectivity index (χ4n) is 1.23. The molecule has 2 heteroatoms. The third kappa shape index (κ3) is 1.70. The van der Waals surface area contributed by atoms with Crippen molar-refractivity contribution in [1.82, 2.24) is 0 Å². The molecule has 0 aromatic heterocycles. The van der Waals surface area contributed by atoms with Crippen LogP contribution in [0.25, 0.3) is 0 Å². The highest BCUT2D eigenvalue weighted by atomic mass is 16.6. The number of nitrogens with zero attached hydrogens (tertiary/aromatic N) is 1. The molecular formula is C7H13NO. The summed E-state index contributed by atoms with van der Waals surface area (Å²) in [5.41, 5.74) is 1.23. The van der Waals surface area contributed by atoms with Gasteiger partial charge in [0, 0.05) is 0 Å². The molecule has 1 fully saturated rings. The monoisotopic (exact) mass is 127 g/mol. The zero-order valence-electron chi connectivity index (χ0n) is 6.05. The van der Waals surface area contributed by atoms with E-state index in [2.05, 4.69) is 16.9 Å². The molecule has 0 spiro atoms. The van der Waals surface area contributed by atoms with Crippen molar-refractivity contribution in [3.8, 4) is 0 Å². The SMILES string of the molecule is CO/N=C1/CCC(C)C1. The van der Waals surface area contributed by atoms with E-state index < -0.39 is 0 Å². The van der Waals surface area contributed by atoms with Crippen LogP contribution in [-0.2, 0) is 4.84 Å². The smallest absolute Gasteiger partial charge is 0.106 e. The Morgan fingerprint density at radius 2 is 2.44 bits per heavy atom. The standard InChI is InChI=1S/C7H13NO/c1-6-3-4-7(5-6)8-9-2/h6H,3-5H2,1-2H3/b8-7-. The van der Waals surface area contributed by atoms with Gasteiger partial charge in [-0.2, -0.15) is 0 Å². The van der Waals surface area contributed by atoms with Crippen LogP contribution < -0.4 is 0 Å². The van der Waals surface area contributed by atoms with Gasteiger partial charge < -0.3 is 4.84 Å². The van der Waals surface area contributed by atoms with Gasteiger partial charge in [0.2, 0.25) is 0 Å². The molecule has 0 saturated heterocycles. The van der Waals surface area contributed by atoms with E-state index in [0.717, 1.165) is 18.8 Å². The Hall–Kier alpha value is -0.530. The lowest BCUT2D eigenvalue weighted by Gasteiger charge is -1.93. The first-order valence-corrected chi connectivity index (χ1v) is 3.42. The van der Waals surface area contributed by atoms with Crippen molar-refractivity contribution in [1.29, 1.82) is 0 Å². The topological polar surface area (TPSA) is 21.6 Å². The van der Waals surface area contributed by atoms with Crippen molar-refractivity contribution in [2.75, 3.05) is 7.11 Å². The van der Waals surface area contributed by atoms with E-state index in [1.807, 2.05) is 0 Å². The minimum atomic E-state index is 0.818. The molecule has 52 valence electrons. The van der Waals surface area contributed by atoms with Crippen molar-refractivity contribution < 1.29 is 4.84 Å². The Morgan fingerprint density at radius 3 is 2.89 bits per heavy atom. The van der Waals surface area contributed by atoms with Crippen LogP contribution in [0.15, 0.2) is 5.16 Å². The Bertz CT molecular complexity index is 120. The molecule has 2 nitrogen and oxygen atoms in total. The Labute approximate surface area is 55.9 Å². The molecule has 0 aromatic carbocycles. The maximum Gasteiger partial charge on any atom is 0.106 e. The van der Waals surface area contributed by atoms with E-state index in [0.29, 0.717) is 0 Å². The Balaban J connectivity index is 2.38. The highest BCUT2D eigenvalue weighted by Crippen LogP contribution is 2.21. The predicted octanol–water partition coefficient (Wildman–Crippen LogP) is 1.81. The molecule has 1 saturated carbocycles. The predicted molar refractivity (Wildman–Crippen MR) is 37.5 cm³/mol. The lowest BCUT2D eigenvalue weighted by Crippen LogP contribution is -1.90. The maximum absolute atomic E-state index is 4.66. The van der Waals surface area contributed by atoms with Gasteiger partial charge >= 0.3 is 0 Å². The molecule has 1 rings (SSSR count). The second-order valence-corrected chi connectivity index (χ2v) is 2.69. The van der Waals surface area contributed by atoms with E-state index in [4.69, 9.17) is 0 Å². The fraction of sp³-hybridized carbons (Fsp3) is 0.857. The average molecular weight is 127 g/mol. The van der Waals surface area contributed by atoms with Crippen molar-refractivity contribution in [3.05, 3.63) is 0 Å². The average Bonchev–Trinajstić information content (AvgIpc) is 2.17. The summed E-state index contributed by atoms with van der Waals surface area (Å²) < 4.78 is 0. The van der Waals surface area contributed by atoms with Gasteiger partial charge in [0.15, 0.2) is 0 Å². The molecule has 1 atom stereocenters. The molecule has 0 bridgehead atoms. The van der Waals surface area contributed by atoms with Crippen molar-refractivity contribution >= 4 is 5.71 Å². The first kappa shape index (κ1) is 6.59. The summed E-state index contributed by atoms with van der Waals surface area (Å²) in [6.45, 7) is 2.25. The molecule has 0 radical (unpaired) electrons. The third-order valence-corrected chi connectivity index (χ3v) is 1.73. The minimum Gasteiger partial charge on any atom is -0.399 e. The van der Waals surface area contributed by atoms with Crippen molar-refractivity contribution in [2.45, 2.75) is 26.2 Å². The van der Waals surface area contributed by atoms with E-state index in [1.54, 1.807) is 7.11 Å². The van der Waals surface area contributed by atoms with Crippen LogP contribution in [0.5, 0.6) is 0 Å². The molecule has 0 N–H and O–H groups in total. The number of hydrogen-bond acceptors (Lipinski definition) is 2. The summed E-state index contributed by atoms with van der Waals surface area (Å²) in [4.78, 5) is 4.66. The molecule has 1 unspecified atom stereocenters. The number of oxime groups is 1. The zero-order valence-corrected chi connectivity index (χ0v) is 6.05. The molecule has 0 aliphatic heterocycles. The fourth-order valence-corrected chi connectivity index (χ4v) is 1.23. The second-order valence-electron chi connectivity index (χ2n) is 2.69. The lowest BCUT2D eigenvalue weighted by atomic mass is 10.1. The first-order chi connectivity index (χ1) is 4.33. The van der Waals surface area contributed by atoms with E-state index in [-0.39, 0.29) is 0 Å². The zero-order chi connectivity index (χ0) is 6.69. The summed E-state index contributed by atoms with van der Waals surface area (Å²) in [5, 5.41) is 3.89. The van der Waals surface area contributed by atoms with Crippen LogP contribution in [0.3, 0.4) is 0 Å². The highest BCUT2D eigenvalue weighted by molar-refractivity contribution is 5.85. The van der Waals surface area contributed by atoms with E-state index >= 15 is 0 Å². The second kappa shape index (κ2) is 2.85. The van der Waals surface area contributed by atoms with Crippen LogP contribution in [0.2, 0.25) is 0 Å². The maximum atomic E-state index is 4.66. The number of hydrogen-bond donors (Lipinski definition) is 0. The molecule has 0 amide bonds. The quantitative estimate of drug-likeness (QED) is 0.492. The van der Waals surface area contributed by atoms with Crippen molar-refractivity contribution in [2.24, 2.45) is 11.1 Å². The van der Waals surface area contributed by atoms with Gasteiger partial charge in [-0.15, -0.1) is 0 Å². The van der Waals surface area contributed by atoms with Gasteiger partial charge in [0.05, 0.1) is 5.71 Å². The number of rotatable bonds is 1. The first-order valence-electron chi connectivity index (χ1n) is 3.42. The van der Waals surface area contributed by atoms with Gasteiger partial charge in [0.25, 0.3) is 0 Å². The minimum absolute atomic E-state index is 0.818.